The summed E-state index contributed by atoms with van der Waals surface area (Å²) in [7, 11) is 3.00. The minimum atomic E-state index is -0.545. The van der Waals surface area contributed by atoms with Gasteiger partial charge >= 0.3 is 0 Å². The van der Waals surface area contributed by atoms with E-state index in [1.54, 1.807) is 13.0 Å². The molecule has 0 bridgehead atoms. The Morgan fingerprint density at radius 3 is 2.50 bits per heavy atom. The average molecular weight is 307 g/mol. The molecule has 1 aromatic heterocycles. The maximum atomic E-state index is 12.1. The normalized spacial score (nSPS) is 11.5. The van der Waals surface area contributed by atoms with Crippen molar-refractivity contribution in [2.45, 2.75) is 26.3 Å². The number of benzene rings is 1. The molecule has 0 atom stereocenters. The first-order chi connectivity index (χ1) is 10.3. The van der Waals surface area contributed by atoms with Gasteiger partial charge in [0.1, 0.15) is 17.9 Å². The Labute approximate surface area is 128 Å². The molecule has 0 aliphatic rings. The molecule has 1 heterocycles. The number of fused-ring (bicyclic) bond motifs is 1. The summed E-state index contributed by atoms with van der Waals surface area (Å²) in [5.41, 5.74) is 5.57. The van der Waals surface area contributed by atoms with Crippen molar-refractivity contribution in [3.63, 3.8) is 0 Å². The van der Waals surface area contributed by atoms with E-state index >= 15 is 0 Å². The number of nitrogens with two attached hydrogens (primary N) is 1. The van der Waals surface area contributed by atoms with Gasteiger partial charge in [0.2, 0.25) is 5.75 Å². The van der Waals surface area contributed by atoms with Crippen molar-refractivity contribution < 1.29 is 14.2 Å². The Bertz CT molecular complexity index is 747. The van der Waals surface area contributed by atoms with Crippen LogP contribution in [0.3, 0.4) is 0 Å². The van der Waals surface area contributed by atoms with Crippen LogP contribution in [0.2, 0.25) is 0 Å². The van der Waals surface area contributed by atoms with E-state index in [0.29, 0.717) is 34.0 Å². The van der Waals surface area contributed by atoms with Crippen LogP contribution in [0.15, 0.2) is 10.9 Å². The fraction of sp³-hybridized carbons (Fsp3) is 0.467. The third-order valence-corrected chi connectivity index (χ3v) is 3.01. The zero-order valence-corrected chi connectivity index (χ0v) is 13.4. The van der Waals surface area contributed by atoms with Crippen molar-refractivity contribution in [2.24, 2.45) is 5.73 Å². The van der Waals surface area contributed by atoms with E-state index in [0.717, 1.165) is 0 Å². The van der Waals surface area contributed by atoms with Crippen molar-refractivity contribution in [3.8, 4) is 17.2 Å². The Morgan fingerprint density at radius 2 is 1.95 bits per heavy atom. The summed E-state index contributed by atoms with van der Waals surface area (Å²) in [4.78, 5) is 19.2. The fourth-order valence-electron chi connectivity index (χ4n) is 2.06. The minimum absolute atomic E-state index is 0.235. The van der Waals surface area contributed by atoms with Crippen LogP contribution in [0, 0.1) is 6.92 Å². The van der Waals surface area contributed by atoms with Gasteiger partial charge in [-0.25, -0.2) is 4.98 Å². The van der Waals surface area contributed by atoms with Crippen LogP contribution in [-0.4, -0.2) is 36.3 Å². The molecule has 3 N–H and O–H groups in total. The predicted molar refractivity (Wildman–Crippen MR) is 84.0 cm³/mol. The van der Waals surface area contributed by atoms with E-state index in [4.69, 9.17) is 19.9 Å². The van der Waals surface area contributed by atoms with E-state index in [-0.39, 0.29) is 12.2 Å². The summed E-state index contributed by atoms with van der Waals surface area (Å²) in [6, 6.07) is 1.58. The highest BCUT2D eigenvalue weighted by atomic mass is 16.5. The number of aromatic nitrogens is 2. The highest BCUT2D eigenvalue weighted by Crippen LogP contribution is 2.42. The molecular formula is C15H21N3O4. The Kier molecular flexibility index (Phi) is 4.27. The smallest absolute Gasteiger partial charge is 0.259 e. The summed E-state index contributed by atoms with van der Waals surface area (Å²) >= 11 is 0. The first-order valence-corrected chi connectivity index (χ1v) is 6.84. The molecule has 2 aromatic rings. The summed E-state index contributed by atoms with van der Waals surface area (Å²) in [6.45, 7) is 5.62. The number of nitrogens with one attached hydrogen (secondary N) is 1. The highest BCUT2D eigenvalue weighted by Gasteiger charge is 2.22. The van der Waals surface area contributed by atoms with E-state index in [9.17, 15) is 4.79 Å². The maximum absolute atomic E-state index is 12.1. The number of hydrogen-bond acceptors (Lipinski definition) is 6. The van der Waals surface area contributed by atoms with Crippen LogP contribution in [-0.2, 0) is 0 Å². The molecule has 0 saturated carbocycles. The van der Waals surface area contributed by atoms with Gasteiger partial charge in [-0.1, -0.05) is 0 Å². The molecule has 1 aromatic carbocycles. The molecular weight excluding hydrogens is 286 g/mol. The van der Waals surface area contributed by atoms with Gasteiger partial charge < -0.3 is 24.9 Å². The molecule has 0 amide bonds. The summed E-state index contributed by atoms with van der Waals surface area (Å²) in [6.07, 6.45) is 0. The van der Waals surface area contributed by atoms with Crippen LogP contribution in [0.4, 0.5) is 0 Å². The SMILES string of the molecule is COc1cc2c(=O)[nH]c(C)nc2c(OCC(C)(C)N)c1OC. The maximum Gasteiger partial charge on any atom is 0.259 e. The summed E-state index contributed by atoms with van der Waals surface area (Å²) in [5, 5.41) is 0.369. The number of aromatic amines is 1. The topological polar surface area (TPSA) is 99.5 Å². The third-order valence-electron chi connectivity index (χ3n) is 3.01. The van der Waals surface area contributed by atoms with E-state index in [1.807, 2.05) is 13.8 Å². The second-order valence-electron chi connectivity index (χ2n) is 5.77. The average Bonchev–Trinajstić information content (AvgIpc) is 2.42. The second-order valence-corrected chi connectivity index (χ2v) is 5.77. The molecule has 0 aliphatic heterocycles. The number of methoxy groups -OCH3 is 2. The fourth-order valence-corrected chi connectivity index (χ4v) is 2.06. The third kappa shape index (κ3) is 3.14. The van der Waals surface area contributed by atoms with Crippen molar-refractivity contribution in [1.82, 2.24) is 9.97 Å². The molecule has 0 unspecified atom stereocenters. The molecule has 22 heavy (non-hydrogen) atoms. The molecule has 0 aliphatic carbocycles. The monoisotopic (exact) mass is 307 g/mol. The van der Waals surface area contributed by atoms with Crippen molar-refractivity contribution in [1.29, 1.82) is 0 Å². The van der Waals surface area contributed by atoms with Gasteiger partial charge in [-0.2, -0.15) is 0 Å². The van der Waals surface area contributed by atoms with Gasteiger partial charge in [-0.15, -0.1) is 0 Å². The number of aryl methyl sites for hydroxylation is 1. The molecule has 0 saturated heterocycles. The number of ether oxygens (including phenoxy) is 3. The lowest BCUT2D eigenvalue weighted by Crippen LogP contribution is -2.38. The lowest BCUT2D eigenvalue weighted by atomic mass is 10.1. The highest BCUT2D eigenvalue weighted by molar-refractivity contribution is 5.89. The van der Waals surface area contributed by atoms with Gasteiger partial charge in [0.05, 0.1) is 19.6 Å². The van der Waals surface area contributed by atoms with Gasteiger partial charge in [0, 0.05) is 5.54 Å². The zero-order valence-electron chi connectivity index (χ0n) is 13.4. The Hall–Kier alpha value is -2.28. The molecule has 7 heteroatoms. The molecule has 0 fully saturated rings. The summed E-state index contributed by atoms with van der Waals surface area (Å²) < 4.78 is 16.5. The van der Waals surface area contributed by atoms with Gasteiger partial charge in [-0.05, 0) is 26.8 Å². The quantitative estimate of drug-likeness (QED) is 0.865. The molecule has 120 valence electrons. The second kappa shape index (κ2) is 5.84. The predicted octanol–water partition coefficient (Wildman–Crippen LogP) is 1.36. The molecule has 7 nitrogen and oxygen atoms in total. The van der Waals surface area contributed by atoms with Crippen LogP contribution >= 0.6 is 0 Å². The first-order valence-electron chi connectivity index (χ1n) is 6.84. The van der Waals surface area contributed by atoms with Crippen molar-refractivity contribution >= 4 is 10.9 Å². The van der Waals surface area contributed by atoms with E-state index in [1.165, 1.54) is 14.2 Å². The van der Waals surface area contributed by atoms with Gasteiger partial charge in [0.25, 0.3) is 5.56 Å². The van der Waals surface area contributed by atoms with Gasteiger partial charge in [-0.3, -0.25) is 4.79 Å². The number of H-pyrrole nitrogens is 1. The van der Waals surface area contributed by atoms with Gasteiger partial charge in [0.15, 0.2) is 11.5 Å². The number of hydrogen-bond donors (Lipinski definition) is 2. The van der Waals surface area contributed by atoms with Crippen molar-refractivity contribution in [2.75, 3.05) is 20.8 Å². The van der Waals surface area contributed by atoms with Crippen LogP contribution < -0.4 is 25.5 Å². The minimum Gasteiger partial charge on any atom is -0.493 e. The lowest BCUT2D eigenvalue weighted by molar-refractivity contribution is 0.232. The van der Waals surface area contributed by atoms with Crippen LogP contribution in [0.25, 0.3) is 10.9 Å². The Balaban J connectivity index is 2.74. The molecule has 0 spiro atoms. The van der Waals surface area contributed by atoms with Crippen molar-refractivity contribution in [3.05, 3.63) is 22.2 Å². The number of nitrogens with zero attached hydrogens (tertiary/aromatic N) is 1. The standard InChI is InChI=1S/C15H21N3O4/c1-8-17-11-9(14(19)18-8)6-10(20-4)12(21-5)13(11)22-7-15(2,3)16/h6H,7,16H2,1-5H3,(H,17,18,19). The van der Waals surface area contributed by atoms with E-state index in [2.05, 4.69) is 9.97 Å². The van der Waals surface area contributed by atoms with Crippen LogP contribution in [0.1, 0.15) is 19.7 Å². The largest absolute Gasteiger partial charge is 0.493 e. The van der Waals surface area contributed by atoms with Crippen LogP contribution in [0.5, 0.6) is 17.2 Å². The molecule has 2 rings (SSSR count). The van der Waals surface area contributed by atoms with E-state index < -0.39 is 5.54 Å². The zero-order chi connectivity index (χ0) is 16.5. The molecule has 0 radical (unpaired) electrons. The lowest BCUT2D eigenvalue weighted by Gasteiger charge is -2.21. The first kappa shape index (κ1) is 16.1. The number of rotatable bonds is 5. The Morgan fingerprint density at radius 1 is 1.27 bits per heavy atom. The summed E-state index contributed by atoms with van der Waals surface area (Å²) in [5.74, 6) is 1.62.